The Morgan fingerprint density at radius 2 is 1.94 bits per heavy atom. The second-order valence-electron chi connectivity index (χ2n) is 9.75. The predicted octanol–water partition coefficient (Wildman–Crippen LogP) is 2.93. The number of H-pyrrole nitrogens is 1. The number of nitrogens with two attached hydrogens (primary N) is 1. The predicted molar refractivity (Wildman–Crippen MR) is 138 cm³/mol. The number of nitrogens with zero attached hydrogens (tertiary/aromatic N) is 5. The highest BCUT2D eigenvalue weighted by Gasteiger charge is 2.29. The average Bonchev–Trinajstić information content (AvgIpc) is 3.43. The highest BCUT2D eigenvalue weighted by molar-refractivity contribution is 6.15. The maximum Gasteiger partial charge on any atom is 0.330 e. The van der Waals surface area contributed by atoms with Crippen LogP contribution in [0.2, 0.25) is 0 Å². The van der Waals surface area contributed by atoms with Crippen LogP contribution in [0.1, 0.15) is 43.7 Å². The molecule has 0 bridgehead atoms. The van der Waals surface area contributed by atoms with Gasteiger partial charge >= 0.3 is 5.69 Å². The van der Waals surface area contributed by atoms with E-state index < -0.39 is 17.2 Å². The molecule has 0 aromatic carbocycles. The second kappa shape index (κ2) is 9.48. The molecule has 190 valence electrons. The summed E-state index contributed by atoms with van der Waals surface area (Å²) in [5.41, 5.74) is 6.88. The van der Waals surface area contributed by atoms with Gasteiger partial charge in [-0.2, -0.15) is 5.10 Å². The van der Waals surface area contributed by atoms with E-state index in [1.165, 1.54) is 15.7 Å². The van der Waals surface area contributed by atoms with Crippen LogP contribution in [0.15, 0.2) is 38.5 Å². The van der Waals surface area contributed by atoms with Gasteiger partial charge in [-0.15, -0.1) is 0 Å². The van der Waals surface area contributed by atoms with Gasteiger partial charge in [0.05, 0.1) is 22.9 Å². The average molecular weight is 494 g/mol. The largest absolute Gasteiger partial charge is 0.463 e. The number of carbonyl (C=O) groups excluding carboxylic acids is 1. The molecular weight excluding hydrogens is 462 g/mol. The second-order valence-corrected chi connectivity index (χ2v) is 9.75. The molecule has 0 aliphatic heterocycles. The molecule has 0 saturated heterocycles. The summed E-state index contributed by atoms with van der Waals surface area (Å²) in [6.07, 6.45) is 1.53. The molecule has 11 heteroatoms. The van der Waals surface area contributed by atoms with Gasteiger partial charge in [-0.1, -0.05) is 27.7 Å². The normalized spacial score (nSPS) is 11.7. The van der Waals surface area contributed by atoms with Crippen molar-refractivity contribution < 1.29 is 9.21 Å². The van der Waals surface area contributed by atoms with Gasteiger partial charge in [0, 0.05) is 20.1 Å². The first-order valence-corrected chi connectivity index (χ1v) is 11.8. The first-order chi connectivity index (χ1) is 17.0. The number of hydrogen-bond acceptors (Lipinski definition) is 7. The van der Waals surface area contributed by atoms with Gasteiger partial charge in [-0.25, -0.2) is 9.78 Å². The number of nitrogen functional groups attached to an aromatic ring is 1. The summed E-state index contributed by atoms with van der Waals surface area (Å²) in [6.45, 7) is 10.0. The molecule has 4 aromatic heterocycles. The Kier molecular flexibility index (Phi) is 6.57. The maximum atomic E-state index is 14.2. The molecule has 4 aromatic rings. The van der Waals surface area contributed by atoms with Crippen LogP contribution >= 0.6 is 0 Å². The summed E-state index contributed by atoms with van der Waals surface area (Å²) in [7, 11) is 1.75. The summed E-state index contributed by atoms with van der Waals surface area (Å²) in [5, 5.41) is 5.02. The van der Waals surface area contributed by atoms with Crippen LogP contribution < -0.4 is 21.9 Å². The molecule has 0 spiro atoms. The van der Waals surface area contributed by atoms with Crippen molar-refractivity contribution in [2.75, 3.05) is 17.2 Å². The molecule has 0 fully saturated rings. The lowest BCUT2D eigenvalue weighted by molar-refractivity contribution is 0.0985. The van der Waals surface area contributed by atoms with Crippen LogP contribution in [-0.4, -0.2) is 36.8 Å². The number of furan rings is 1. The lowest BCUT2D eigenvalue weighted by atomic mass is 10.1. The van der Waals surface area contributed by atoms with E-state index in [9.17, 15) is 14.4 Å². The van der Waals surface area contributed by atoms with Crippen molar-refractivity contribution in [1.29, 1.82) is 0 Å². The van der Waals surface area contributed by atoms with Gasteiger partial charge in [-0.3, -0.25) is 23.8 Å². The Balaban J connectivity index is 1.98. The zero-order valence-corrected chi connectivity index (χ0v) is 21.3. The number of rotatable bonds is 7. The van der Waals surface area contributed by atoms with Gasteiger partial charge in [0.2, 0.25) is 0 Å². The van der Waals surface area contributed by atoms with Crippen molar-refractivity contribution in [3.05, 3.63) is 56.6 Å². The molecule has 3 N–H and O–H groups in total. The summed E-state index contributed by atoms with van der Waals surface area (Å²) in [4.78, 5) is 48.2. The number of aryl methyl sites for hydroxylation is 2. The van der Waals surface area contributed by atoms with E-state index in [1.807, 2.05) is 27.7 Å². The van der Waals surface area contributed by atoms with Crippen LogP contribution in [0.25, 0.3) is 22.5 Å². The number of anilines is 2. The van der Waals surface area contributed by atoms with Gasteiger partial charge in [0.25, 0.3) is 11.5 Å². The quantitative estimate of drug-likeness (QED) is 0.402. The molecular formula is C25H31N7O4. The third kappa shape index (κ3) is 4.43. The van der Waals surface area contributed by atoms with Crippen molar-refractivity contribution >= 4 is 28.4 Å². The standard InChI is InChI=1S/C25H31N7O4/c1-13(2)11-31(20-21(26)32(12-14(3)4)25(35)28-23(20)33)24(34)16-10-17(18-8-7-9-36-18)27-22-19(16)15(5)29-30(22)6/h7-10,13-14H,11-12,26H2,1-6H3,(H,28,33,35). The number of hydrogen-bond donors (Lipinski definition) is 2. The van der Waals surface area contributed by atoms with E-state index in [1.54, 1.807) is 36.9 Å². The fourth-order valence-electron chi connectivity index (χ4n) is 4.33. The fourth-order valence-corrected chi connectivity index (χ4v) is 4.33. The zero-order valence-electron chi connectivity index (χ0n) is 21.3. The Bertz CT molecular complexity index is 1540. The Hall–Kier alpha value is -4.15. The first kappa shape index (κ1) is 25.0. The summed E-state index contributed by atoms with van der Waals surface area (Å²) >= 11 is 0. The third-order valence-corrected chi connectivity index (χ3v) is 5.80. The van der Waals surface area contributed by atoms with Crippen LogP contribution in [-0.2, 0) is 13.6 Å². The van der Waals surface area contributed by atoms with E-state index in [4.69, 9.17) is 10.2 Å². The fraction of sp³-hybridized carbons (Fsp3) is 0.400. The maximum absolute atomic E-state index is 14.2. The number of pyridine rings is 1. The van der Waals surface area contributed by atoms with Crippen molar-refractivity contribution in [2.45, 2.75) is 41.2 Å². The number of fused-ring (bicyclic) bond motifs is 1. The summed E-state index contributed by atoms with van der Waals surface area (Å²) in [6, 6.07) is 5.13. The van der Waals surface area contributed by atoms with Crippen LogP contribution in [0.3, 0.4) is 0 Å². The number of amides is 1. The Labute approximate surface area is 207 Å². The van der Waals surface area contributed by atoms with E-state index in [0.717, 1.165) is 0 Å². The molecule has 0 atom stereocenters. The summed E-state index contributed by atoms with van der Waals surface area (Å²) in [5.74, 6) is 0.0720. The lowest BCUT2D eigenvalue weighted by Gasteiger charge is -2.27. The van der Waals surface area contributed by atoms with Crippen molar-refractivity contribution in [3.8, 4) is 11.5 Å². The number of aromatic nitrogens is 5. The van der Waals surface area contributed by atoms with Gasteiger partial charge in [-0.05, 0) is 37.0 Å². The molecule has 0 radical (unpaired) electrons. The molecule has 0 unspecified atom stereocenters. The van der Waals surface area contributed by atoms with Crippen LogP contribution in [0.5, 0.6) is 0 Å². The molecule has 1 amide bonds. The van der Waals surface area contributed by atoms with Gasteiger partial charge < -0.3 is 15.1 Å². The van der Waals surface area contributed by atoms with Crippen molar-refractivity contribution in [3.63, 3.8) is 0 Å². The van der Waals surface area contributed by atoms with E-state index >= 15 is 0 Å². The Morgan fingerprint density at radius 3 is 2.56 bits per heavy atom. The summed E-state index contributed by atoms with van der Waals surface area (Å²) < 4.78 is 8.43. The van der Waals surface area contributed by atoms with E-state index in [2.05, 4.69) is 15.1 Å². The minimum atomic E-state index is -0.717. The molecule has 0 aliphatic rings. The number of nitrogens with one attached hydrogen (secondary N) is 1. The number of aromatic amines is 1. The topological polar surface area (TPSA) is 145 Å². The highest BCUT2D eigenvalue weighted by atomic mass is 16.3. The van der Waals surface area contributed by atoms with Crippen LogP contribution in [0.4, 0.5) is 11.5 Å². The highest BCUT2D eigenvalue weighted by Crippen LogP contribution is 2.30. The molecule has 4 heterocycles. The van der Waals surface area contributed by atoms with Crippen LogP contribution in [0, 0.1) is 18.8 Å². The SMILES string of the molecule is Cc1nn(C)c2nc(-c3ccco3)cc(C(=O)N(CC(C)C)c3c(N)n(CC(C)C)c(=O)[nH]c3=O)c12. The minimum Gasteiger partial charge on any atom is -0.463 e. The lowest BCUT2D eigenvalue weighted by Crippen LogP contribution is -2.43. The number of carbonyl (C=O) groups is 1. The van der Waals surface area contributed by atoms with E-state index in [-0.39, 0.29) is 29.9 Å². The monoisotopic (exact) mass is 493 g/mol. The van der Waals surface area contributed by atoms with E-state index in [0.29, 0.717) is 40.3 Å². The molecule has 0 saturated carbocycles. The zero-order chi connectivity index (χ0) is 26.3. The molecule has 36 heavy (non-hydrogen) atoms. The van der Waals surface area contributed by atoms with Crippen molar-refractivity contribution in [1.82, 2.24) is 24.3 Å². The molecule has 4 rings (SSSR count). The van der Waals surface area contributed by atoms with Gasteiger partial charge in [0.1, 0.15) is 11.5 Å². The smallest absolute Gasteiger partial charge is 0.330 e. The minimum absolute atomic E-state index is 0.00454. The molecule has 11 nitrogen and oxygen atoms in total. The molecule has 0 aliphatic carbocycles. The Morgan fingerprint density at radius 1 is 1.22 bits per heavy atom. The third-order valence-electron chi connectivity index (χ3n) is 5.80. The first-order valence-electron chi connectivity index (χ1n) is 11.8. The van der Waals surface area contributed by atoms with Crippen molar-refractivity contribution in [2.24, 2.45) is 18.9 Å². The van der Waals surface area contributed by atoms with Gasteiger partial charge in [0.15, 0.2) is 17.1 Å².